The van der Waals surface area contributed by atoms with Crippen molar-refractivity contribution >= 4 is 39.1 Å². The van der Waals surface area contributed by atoms with E-state index in [1.807, 2.05) is 24.3 Å². The smallest absolute Gasteiger partial charge is 0.294 e. The molecule has 0 spiro atoms. The molecule has 3 rings (SSSR count). The highest BCUT2D eigenvalue weighted by molar-refractivity contribution is 9.10. The predicted octanol–water partition coefficient (Wildman–Crippen LogP) is 4.88. The van der Waals surface area contributed by atoms with E-state index < -0.39 is 5.56 Å². The van der Waals surface area contributed by atoms with E-state index in [-0.39, 0.29) is 10.8 Å². The molecule has 0 saturated carbocycles. The van der Waals surface area contributed by atoms with Crippen LogP contribution in [0.25, 0.3) is 5.69 Å². The molecule has 122 valence electrons. The second kappa shape index (κ2) is 7.38. The van der Waals surface area contributed by atoms with Crippen LogP contribution in [0.15, 0.2) is 64.0 Å². The maximum atomic E-state index is 12.4. The molecule has 0 atom stereocenters. The van der Waals surface area contributed by atoms with E-state index in [1.165, 1.54) is 10.9 Å². The second-order valence-corrected chi connectivity index (χ2v) is 6.66. The lowest BCUT2D eigenvalue weighted by molar-refractivity contribution is 0.303. The van der Waals surface area contributed by atoms with Crippen molar-refractivity contribution in [3.8, 4) is 11.4 Å². The zero-order chi connectivity index (χ0) is 17.1. The normalized spacial score (nSPS) is 10.6. The molecule has 0 aliphatic carbocycles. The summed E-state index contributed by atoms with van der Waals surface area (Å²) in [7, 11) is 0. The van der Waals surface area contributed by atoms with E-state index in [1.54, 1.807) is 24.3 Å². The third-order valence-electron chi connectivity index (χ3n) is 3.27. The van der Waals surface area contributed by atoms with Crippen molar-refractivity contribution in [1.82, 2.24) is 9.78 Å². The van der Waals surface area contributed by atoms with Gasteiger partial charge in [-0.2, -0.15) is 9.78 Å². The van der Waals surface area contributed by atoms with Crippen LogP contribution >= 0.6 is 39.1 Å². The van der Waals surface area contributed by atoms with Crippen LogP contribution in [0.4, 0.5) is 0 Å². The van der Waals surface area contributed by atoms with E-state index in [0.29, 0.717) is 17.3 Å². The van der Waals surface area contributed by atoms with Gasteiger partial charge in [0.2, 0.25) is 0 Å². The highest BCUT2D eigenvalue weighted by atomic mass is 79.9. The first-order valence-electron chi connectivity index (χ1n) is 6.95. The Bertz CT molecular complexity index is 909. The topological polar surface area (TPSA) is 44.1 Å². The lowest BCUT2D eigenvalue weighted by atomic mass is 10.2. The Morgan fingerprint density at radius 2 is 1.71 bits per heavy atom. The van der Waals surface area contributed by atoms with Crippen LogP contribution in [0.3, 0.4) is 0 Å². The van der Waals surface area contributed by atoms with E-state index >= 15 is 0 Å². The highest BCUT2D eigenvalue weighted by Crippen LogP contribution is 2.21. The summed E-state index contributed by atoms with van der Waals surface area (Å²) in [5.41, 5.74) is 1.08. The molecule has 7 heteroatoms. The van der Waals surface area contributed by atoms with Gasteiger partial charge in [0.15, 0.2) is 10.8 Å². The van der Waals surface area contributed by atoms with Crippen LogP contribution in [0.1, 0.15) is 5.56 Å². The van der Waals surface area contributed by atoms with Gasteiger partial charge in [-0.1, -0.05) is 51.3 Å². The number of ether oxygens (including phenoxy) is 1. The Kier molecular flexibility index (Phi) is 5.23. The third kappa shape index (κ3) is 3.80. The first-order chi connectivity index (χ1) is 11.5. The molecule has 0 aliphatic heterocycles. The standard InChI is InChI=1S/C17H11BrCl2N2O2/c18-12-3-1-11(2-4-12)10-24-15-9-21-22(17(23)16(15)20)14-7-5-13(19)6-8-14/h1-9H,10H2. The van der Waals surface area contributed by atoms with Crippen molar-refractivity contribution in [1.29, 1.82) is 0 Å². The minimum atomic E-state index is -0.452. The zero-order valence-electron chi connectivity index (χ0n) is 12.2. The van der Waals surface area contributed by atoms with Crippen molar-refractivity contribution in [2.75, 3.05) is 0 Å². The van der Waals surface area contributed by atoms with Crippen molar-refractivity contribution in [2.45, 2.75) is 6.61 Å². The number of benzene rings is 2. The first kappa shape index (κ1) is 17.0. The molecule has 1 heterocycles. The molecule has 3 aromatic rings. The fraction of sp³-hybridized carbons (Fsp3) is 0.0588. The molecule has 0 fully saturated rings. The second-order valence-electron chi connectivity index (χ2n) is 4.93. The Hall–Kier alpha value is -1.82. The van der Waals surface area contributed by atoms with Crippen molar-refractivity contribution in [2.24, 2.45) is 0 Å². The molecule has 4 nitrogen and oxygen atoms in total. The number of rotatable bonds is 4. The van der Waals surface area contributed by atoms with Gasteiger partial charge in [0.05, 0.1) is 11.9 Å². The van der Waals surface area contributed by atoms with E-state index in [0.717, 1.165) is 10.0 Å². The molecule has 2 aromatic carbocycles. The average molecular weight is 426 g/mol. The van der Waals surface area contributed by atoms with Crippen LogP contribution < -0.4 is 10.3 Å². The van der Waals surface area contributed by atoms with Crippen molar-refractivity contribution in [3.63, 3.8) is 0 Å². The van der Waals surface area contributed by atoms with Gasteiger partial charge in [0, 0.05) is 9.50 Å². The van der Waals surface area contributed by atoms with Crippen LogP contribution in [-0.4, -0.2) is 9.78 Å². The summed E-state index contributed by atoms with van der Waals surface area (Å²) in [5.74, 6) is 0.245. The van der Waals surface area contributed by atoms with E-state index in [9.17, 15) is 4.79 Å². The molecular formula is C17H11BrCl2N2O2. The van der Waals surface area contributed by atoms with Crippen LogP contribution in [-0.2, 0) is 6.61 Å². The van der Waals surface area contributed by atoms with Crippen molar-refractivity contribution in [3.05, 3.63) is 85.2 Å². The predicted molar refractivity (Wildman–Crippen MR) is 98.3 cm³/mol. The summed E-state index contributed by atoms with van der Waals surface area (Å²) in [6.07, 6.45) is 1.43. The van der Waals surface area contributed by atoms with Gasteiger partial charge in [-0.05, 0) is 42.0 Å². The summed E-state index contributed by atoms with van der Waals surface area (Å²) in [4.78, 5) is 12.4. The van der Waals surface area contributed by atoms with Gasteiger partial charge in [0.1, 0.15) is 6.61 Å². The summed E-state index contributed by atoms with van der Waals surface area (Å²) >= 11 is 15.4. The van der Waals surface area contributed by atoms with Crippen molar-refractivity contribution < 1.29 is 4.74 Å². The molecule has 0 radical (unpaired) electrons. The van der Waals surface area contributed by atoms with Crippen LogP contribution in [0.2, 0.25) is 10.0 Å². The minimum absolute atomic E-state index is 0.0166. The molecule has 0 saturated heterocycles. The number of hydrogen-bond acceptors (Lipinski definition) is 3. The van der Waals surface area contributed by atoms with Crippen LogP contribution in [0, 0.1) is 0 Å². The zero-order valence-corrected chi connectivity index (χ0v) is 15.3. The first-order valence-corrected chi connectivity index (χ1v) is 8.50. The Morgan fingerprint density at radius 1 is 1.04 bits per heavy atom. The largest absolute Gasteiger partial charge is 0.485 e. The van der Waals surface area contributed by atoms with E-state index in [4.69, 9.17) is 27.9 Å². The average Bonchev–Trinajstić information content (AvgIpc) is 2.59. The van der Waals surface area contributed by atoms with Gasteiger partial charge in [-0.3, -0.25) is 4.79 Å². The third-order valence-corrected chi connectivity index (χ3v) is 4.39. The lowest BCUT2D eigenvalue weighted by Crippen LogP contribution is -2.22. The molecule has 1 aromatic heterocycles. The highest BCUT2D eigenvalue weighted by Gasteiger charge is 2.12. The Balaban J connectivity index is 1.83. The van der Waals surface area contributed by atoms with Gasteiger partial charge >= 0.3 is 0 Å². The molecule has 0 aliphatic rings. The SMILES string of the molecule is O=c1c(Cl)c(OCc2ccc(Br)cc2)cnn1-c1ccc(Cl)cc1. The summed E-state index contributed by atoms with van der Waals surface area (Å²) in [5, 5.41) is 4.67. The summed E-state index contributed by atoms with van der Waals surface area (Å²) in [6.45, 7) is 0.291. The maximum Gasteiger partial charge on any atom is 0.294 e. The molecule has 0 unspecified atom stereocenters. The van der Waals surface area contributed by atoms with Gasteiger partial charge < -0.3 is 4.74 Å². The molecule has 0 amide bonds. The number of nitrogens with zero attached hydrogens (tertiary/aromatic N) is 2. The minimum Gasteiger partial charge on any atom is -0.485 e. The summed E-state index contributed by atoms with van der Waals surface area (Å²) < 4.78 is 7.79. The number of hydrogen-bond donors (Lipinski definition) is 0. The number of halogens is 3. The monoisotopic (exact) mass is 424 g/mol. The molecular weight excluding hydrogens is 415 g/mol. The number of aromatic nitrogens is 2. The van der Waals surface area contributed by atoms with Gasteiger partial charge in [-0.15, -0.1) is 0 Å². The Morgan fingerprint density at radius 3 is 2.38 bits per heavy atom. The lowest BCUT2D eigenvalue weighted by Gasteiger charge is -2.10. The summed E-state index contributed by atoms with van der Waals surface area (Å²) in [6, 6.07) is 14.4. The fourth-order valence-electron chi connectivity index (χ4n) is 2.03. The van der Waals surface area contributed by atoms with Crippen LogP contribution in [0.5, 0.6) is 5.75 Å². The van der Waals surface area contributed by atoms with E-state index in [2.05, 4.69) is 21.0 Å². The Labute approximate surface area is 156 Å². The quantitative estimate of drug-likeness (QED) is 0.598. The molecule has 24 heavy (non-hydrogen) atoms. The molecule has 0 bridgehead atoms. The molecule has 0 N–H and O–H groups in total. The van der Waals surface area contributed by atoms with Gasteiger partial charge in [-0.25, -0.2) is 0 Å². The fourth-order valence-corrected chi connectivity index (χ4v) is 2.60. The maximum absolute atomic E-state index is 12.4. The van der Waals surface area contributed by atoms with Gasteiger partial charge in [0.25, 0.3) is 5.56 Å².